The molecule has 3 amide bonds. The monoisotopic (exact) mass is 401 g/mol. The van der Waals surface area contributed by atoms with Gasteiger partial charge in [-0.25, -0.2) is 19.5 Å². The molecule has 0 spiro atoms. The van der Waals surface area contributed by atoms with Gasteiger partial charge in [0.2, 0.25) is 5.91 Å². The Balaban J connectivity index is 1.58. The fourth-order valence-electron chi connectivity index (χ4n) is 3.82. The predicted molar refractivity (Wildman–Crippen MR) is 100 cm³/mol. The molecule has 0 radical (unpaired) electrons. The minimum atomic E-state index is -1.08. The lowest BCUT2D eigenvalue weighted by atomic mass is 9.94. The first-order valence-electron chi connectivity index (χ1n) is 8.95. The highest BCUT2D eigenvalue weighted by Crippen LogP contribution is 2.36. The number of carbonyl (C=O) groups excluding carboxylic acids is 2. The van der Waals surface area contributed by atoms with Crippen molar-refractivity contribution < 1.29 is 24.2 Å². The Kier molecular flexibility index (Phi) is 4.99. The number of hydrogen-bond donors (Lipinski definition) is 1. The third kappa shape index (κ3) is 3.45. The van der Waals surface area contributed by atoms with Crippen molar-refractivity contribution >= 4 is 29.4 Å². The second-order valence-corrected chi connectivity index (χ2v) is 7.83. The Labute approximate surface area is 165 Å². The van der Waals surface area contributed by atoms with E-state index >= 15 is 0 Å². The van der Waals surface area contributed by atoms with Gasteiger partial charge in [-0.3, -0.25) is 4.79 Å². The maximum Gasteiger partial charge on any atom is 0.416 e. The van der Waals surface area contributed by atoms with E-state index in [-0.39, 0.29) is 25.6 Å². The Hall–Kier alpha value is -2.94. The summed E-state index contributed by atoms with van der Waals surface area (Å²) in [5.74, 6) is -1.42. The van der Waals surface area contributed by atoms with Crippen molar-refractivity contribution in [2.45, 2.75) is 18.4 Å². The molecular weight excluding hydrogens is 382 g/mol. The molecule has 0 saturated carbocycles. The molecule has 9 heteroatoms. The summed E-state index contributed by atoms with van der Waals surface area (Å²) in [5, 5.41) is 11.9. The predicted octanol–water partition coefficient (Wildman–Crippen LogP) is 2.43. The molecule has 4 rings (SSSR count). The van der Waals surface area contributed by atoms with Crippen molar-refractivity contribution in [3.63, 3.8) is 0 Å². The Morgan fingerprint density at radius 2 is 2.04 bits per heavy atom. The average molecular weight is 401 g/mol. The number of imide groups is 1. The topological polar surface area (TPSA) is 100 Å². The molecule has 3 heterocycles. The normalized spacial score (nSPS) is 24.4. The number of cyclic esters (lactones) is 1. The standard InChI is InChI=1S/C19H19N3O5S/c23-17(15-10-21(18(24)25)9-14(15)16-20-6-7-28-16)22-13(11-27-19(22)26)8-12-4-2-1-3-5-12/h1-7,13-15H,8-11H2,(H,24,25)/t13-,14+,15+/m1/s1. The minimum absolute atomic E-state index is 0.0419. The summed E-state index contributed by atoms with van der Waals surface area (Å²) in [6, 6.07) is 9.18. The van der Waals surface area contributed by atoms with Gasteiger partial charge in [-0.05, 0) is 12.0 Å². The Bertz CT molecular complexity index is 873. The number of nitrogens with zero attached hydrogens (tertiary/aromatic N) is 3. The molecule has 2 aliphatic heterocycles. The van der Waals surface area contributed by atoms with Gasteiger partial charge < -0.3 is 14.7 Å². The molecular formula is C19H19N3O5S. The smallest absolute Gasteiger partial charge is 0.416 e. The molecule has 146 valence electrons. The lowest BCUT2D eigenvalue weighted by Crippen LogP contribution is -2.45. The van der Waals surface area contributed by atoms with Crippen LogP contribution in [0, 0.1) is 5.92 Å². The molecule has 0 aliphatic carbocycles. The van der Waals surface area contributed by atoms with Crippen LogP contribution in [0.4, 0.5) is 9.59 Å². The van der Waals surface area contributed by atoms with Crippen molar-refractivity contribution in [1.82, 2.24) is 14.8 Å². The Morgan fingerprint density at radius 3 is 2.71 bits per heavy atom. The number of likely N-dealkylation sites (tertiary alicyclic amines) is 1. The van der Waals surface area contributed by atoms with Gasteiger partial charge in [-0.15, -0.1) is 11.3 Å². The van der Waals surface area contributed by atoms with E-state index < -0.39 is 30.1 Å². The van der Waals surface area contributed by atoms with Crippen LogP contribution in [-0.2, 0) is 16.0 Å². The quantitative estimate of drug-likeness (QED) is 0.845. The second kappa shape index (κ2) is 7.59. The van der Waals surface area contributed by atoms with Crippen LogP contribution in [-0.4, -0.2) is 63.7 Å². The summed E-state index contributed by atoms with van der Waals surface area (Å²) < 4.78 is 5.15. The highest BCUT2D eigenvalue weighted by Gasteiger charge is 2.48. The molecule has 0 bridgehead atoms. The highest BCUT2D eigenvalue weighted by molar-refractivity contribution is 7.09. The van der Waals surface area contributed by atoms with Crippen molar-refractivity contribution in [3.05, 3.63) is 52.5 Å². The minimum Gasteiger partial charge on any atom is -0.465 e. The zero-order valence-corrected chi connectivity index (χ0v) is 15.7. The maximum absolute atomic E-state index is 13.3. The molecule has 1 aromatic carbocycles. The number of rotatable bonds is 4. The van der Waals surface area contributed by atoms with Gasteiger partial charge in [-0.2, -0.15) is 0 Å². The zero-order valence-electron chi connectivity index (χ0n) is 14.9. The summed E-state index contributed by atoms with van der Waals surface area (Å²) in [5.41, 5.74) is 0.999. The number of ether oxygens (including phenoxy) is 1. The molecule has 3 atom stereocenters. The van der Waals surface area contributed by atoms with E-state index in [9.17, 15) is 19.5 Å². The van der Waals surface area contributed by atoms with Crippen LogP contribution in [0.3, 0.4) is 0 Å². The molecule has 2 aromatic rings. The van der Waals surface area contributed by atoms with Crippen LogP contribution in [0.1, 0.15) is 16.5 Å². The van der Waals surface area contributed by atoms with Crippen LogP contribution < -0.4 is 0 Å². The molecule has 1 N–H and O–H groups in total. The molecule has 0 unspecified atom stereocenters. The van der Waals surface area contributed by atoms with Crippen molar-refractivity contribution in [2.24, 2.45) is 5.92 Å². The van der Waals surface area contributed by atoms with Crippen molar-refractivity contribution in [1.29, 1.82) is 0 Å². The highest BCUT2D eigenvalue weighted by atomic mass is 32.1. The first-order chi connectivity index (χ1) is 13.5. The van der Waals surface area contributed by atoms with Crippen LogP contribution >= 0.6 is 11.3 Å². The fourth-order valence-corrected chi connectivity index (χ4v) is 4.62. The third-order valence-corrected chi connectivity index (χ3v) is 6.10. The fraction of sp³-hybridized carbons (Fsp3) is 0.368. The lowest BCUT2D eigenvalue weighted by molar-refractivity contribution is -0.133. The van der Waals surface area contributed by atoms with Gasteiger partial charge in [0.25, 0.3) is 0 Å². The largest absolute Gasteiger partial charge is 0.465 e. The number of carbonyl (C=O) groups is 3. The van der Waals surface area contributed by atoms with E-state index in [2.05, 4.69) is 4.98 Å². The summed E-state index contributed by atoms with van der Waals surface area (Å²) in [4.78, 5) is 43.8. The SMILES string of the molecule is O=C(O)N1C[C@H](C(=O)N2C(=O)OC[C@H]2Cc2ccccc2)[C@@H](c2nccs2)C1. The second-order valence-electron chi connectivity index (χ2n) is 6.90. The van der Waals surface area contributed by atoms with Gasteiger partial charge in [0.1, 0.15) is 6.61 Å². The van der Waals surface area contributed by atoms with Crippen LogP contribution in [0.5, 0.6) is 0 Å². The zero-order chi connectivity index (χ0) is 19.7. The van der Waals surface area contributed by atoms with Gasteiger partial charge in [0, 0.05) is 30.6 Å². The molecule has 8 nitrogen and oxygen atoms in total. The Morgan fingerprint density at radius 1 is 1.25 bits per heavy atom. The number of hydrogen-bond acceptors (Lipinski definition) is 6. The first kappa shape index (κ1) is 18.4. The van der Waals surface area contributed by atoms with Crippen molar-refractivity contribution in [2.75, 3.05) is 19.7 Å². The van der Waals surface area contributed by atoms with Gasteiger partial charge in [0.15, 0.2) is 0 Å². The van der Waals surface area contributed by atoms with E-state index in [1.54, 1.807) is 11.6 Å². The number of benzene rings is 1. The lowest BCUT2D eigenvalue weighted by Gasteiger charge is -2.24. The number of amides is 3. The van der Waals surface area contributed by atoms with Crippen LogP contribution in [0.25, 0.3) is 0 Å². The number of carboxylic acid groups (broad SMARTS) is 1. The molecule has 28 heavy (non-hydrogen) atoms. The van der Waals surface area contributed by atoms with Gasteiger partial charge in [-0.1, -0.05) is 30.3 Å². The van der Waals surface area contributed by atoms with Crippen molar-refractivity contribution in [3.8, 4) is 0 Å². The molecule has 1 aromatic heterocycles. The average Bonchev–Trinajstić information content (AvgIpc) is 3.41. The molecule has 2 saturated heterocycles. The van der Waals surface area contributed by atoms with E-state index in [1.165, 1.54) is 21.1 Å². The summed E-state index contributed by atoms with van der Waals surface area (Å²) in [6.45, 7) is 0.364. The van der Waals surface area contributed by atoms with E-state index in [0.29, 0.717) is 11.4 Å². The molecule has 2 aliphatic rings. The summed E-state index contributed by atoms with van der Waals surface area (Å²) >= 11 is 1.38. The van der Waals surface area contributed by atoms with E-state index in [1.807, 2.05) is 30.3 Å². The third-order valence-electron chi connectivity index (χ3n) is 5.19. The van der Waals surface area contributed by atoms with E-state index in [4.69, 9.17) is 4.74 Å². The summed E-state index contributed by atoms with van der Waals surface area (Å²) in [6.07, 6.45) is 0.377. The van der Waals surface area contributed by atoms with Crippen LogP contribution in [0.15, 0.2) is 41.9 Å². The van der Waals surface area contributed by atoms with Crippen LogP contribution in [0.2, 0.25) is 0 Å². The summed E-state index contributed by atoms with van der Waals surface area (Å²) in [7, 11) is 0. The number of thiazole rings is 1. The molecule has 2 fully saturated rings. The van der Waals surface area contributed by atoms with Gasteiger partial charge >= 0.3 is 12.2 Å². The van der Waals surface area contributed by atoms with Gasteiger partial charge in [0.05, 0.1) is 17.0 Å². The van der Waals surface area contributed by atoms with E-state index in [0.717, 1.165) is 5.56 Å². The first-order valence-corrected chi connectivity index (χ1v) is 9.83. The maximum atomic E-state index is 13.3. The number of aromatic nitrogens is 1.